The van der Waals surface area contributed by atoms with Crippen LogP contribution < -0.4 is 0 Å². The van der Waals surface area contributed by atoms with Crippen LogP contribution in [0.4, 0.5) is 0 Å². The van der Waals surface area contributed by atoms with Gasteiger partial charge in [0.25, 0.3) is 10.1 Å². The van der Waals surface area contributed by atoms with Gasteiger partial charge in [-0.25, -0.2) is 0 Å². The average molecular weight is 219 g/mol. The monoisotopic (exact) mass is 218 g/mol. The van der Waals surface area contributed by atoms with Gasteiger partial charge in [0.1, 0.15) is 4.90 Å². The molecule has 0 amide bonds. The number of hydrogen-bond donors (Lipinski definition) is 1. The molecule has 0 aliphatic heterocycles. The summed E-state index contributed by atoms with van der Waals surface area (Å²) in [6, 6.07) is 4.25. The summed E-state index contributed by atoms with van der Waals surface area (Å²) in [4.78, 5) is -0.299. The van der Waals surface area contributed by atoms with Gasteiger partial charge >= 0.3 is 0 Å². The Labute approximate surface area is 81.4 Å². The first kappa shape index (κ1) is 10.2. The Hall–Kier alpha value is -0.840. The van der Waals surface area contributed by atoms with E-state index in [-0.39, 0.29) is 9.92 Å². The molecule has 13 heavy (non-hydrogen) atoms. The fourth-order valence-corrected chi connectivity index (χ4v) is 1.85. The summed E-state index contributed by atoms with van der Waals surface area (Å²) in [5, 5.41) is -0.00639. The maximum Gasteiger partial charge on any atom is 0.296 e. The summed E-state index contributed by atoms with van der Waals surface area (Å²) < 4.78 is 30.3. The predicted octanol–water partition coefficient (Wildman–Crippen LogP) is 2.23. The molecule has 0 radical (unpaired) electrons. The van der Waals surface area contributed by atoms with Crippen LogP contribution in [-0.4, -0.2) is 13.0 Å². The molecule has 1 aromatic rings. The van der Waals surface area contributed by atoms with Gasteiger partial charge in [-0.2, -0.15) is 8.42 Å². The van der Waals surface area contributed by atoms with Crippen molar-refractivity contribution in [3.63, 3.8) is 0 Å². The molecule has 0 atom stereocenters. The van der Waals surface area contributed by atoms with Crippen LogP contribution in [-0.2, 0) is 10.1 Å². The average Bonchev–Trinajstić information content (AvgIpc) is 2.03. The summed E-state index contributed by atoms with van der Waals surface area (Å²) >= 11 is 5.56. The number of rotatable bonds is 2. The zero-order valence-electron chi connectivity index (χ0n) is 6.57. The molecule has 1 rings (SSSR count). The minimum atomic E-state index is -4.25. The third kappa shape index (κ3) is 2.30. The minimum Gasteiger partial charge on any atom is -0.282 e. The van der Waals surface area contributed by atoms with E-state index in [4.69, 9.17) is 16.2 Å². The van der Waals surface area contributed by atoms with Crippen LogP contribution in [0.3, 0.4) is 0 Å². The van der Waals surface area contributed by atoms with Crippen molar-refractivity contribution >= 4 is 27.8 Å². The van der Waals surface area contributed by atoms with E-state index in [0.29, 0.717) is 5.56 Å². The molecule has 0 fully saturated rings. The number of hydrogen-bond acceptors (Lipinski definition) is 2. The second-order valence-electron chi connectivity index (χ2n) is 2.37. The van der Waals surface area contributed by atoms with Crippen molar-refractivity contribution < 1.29 is 13.0 Å². The summed E-state index contributed by atoms with van der Waals surface area (Å²) in [5.74, 6) is 0. The van der Waals surface area contributed by atoms with E-state index in [9.17, 15) is 8.42 Å². The fraction of sp³-hybridized carbons (Fsp3) is 0. The predicted molar refractivity (Wildman–Crippen MR) is 51.4 cm³/mol. The molecule has 0 heterocycles. The van der Waals surface area contributed by atoms with E-state index < -0.39 is 10.1 Å². The molecule has 1 aromatic carbocycles. The molecule has 70 valence electrons. The normalized spacial score (nSPS) is 11.2. The zero-order chi connectivity index (χ0) is 10.1. The van der Waals surface area contributed by atoms with Gasteiger partial charge in [-0.1, -0.05) is 30.3 Å². The first-order chi connectivity index (χ1) is 5.95. The molecule has 0 spiro atoms. The maximum atomic E-state index is 10.8. The van der Waals surface area contributed by atoms with Crippen LogP contribution in [0.1, 0.15) is 5.56 Å². The molecule has 0 aliphatic rings. The van der Waals surface area contributed by atoms with Crippen molar-refractivity contribution in [3.05, 3.63) is 35.4 Å². The summed E-state index contributed by atoms with van der Waals surface area (Å²) in [6.45, 7) is 3.46. The number of halogens is 1. The second kappa shape index (κ2) is 3.49. The standard InChI is InChI=1S/C8H7ClO3S/c1-2-6-3-4-7(9)8(5-6)13(10,11)12/h2-5H,1H2,(H,10,11,12). The molecular formula is C8H7ClO3S. The Morgan fingerprint density at radius 1 is 1.46 bits per heavy atom. The Morgan fingerprint density at radius 3 is 2.54 bits per heavy atom. The van der Waals surface area contributed by atoms with Crippen LogP contribution in [0, 0.1) is 0 Å². The number of benzene rings is 1. The molecule has 0 aliphatic carbocycles. The molecule has 5 heteroatoms. The fourth-order valence-electron chi connectivity index (χ4n) is 0.845. The highest BCUT2D eigenvalue weighted by molar-refractivity contribution is 7.86. The lowest BCUT2D eigenvalue weighted by Crippen LogP contribution is -1.99. The van der Waals surface area contributed by atoms with Gasteiger partial charge in [0.2, 0.25) is 0 Å². The zero-order valence-corrected chi connectivity index (χ0v) is 8.14. The first-order valence-electron chi connectivity index (χ1n) is 3.34. The van der Waals surface area contributed by atoms with Crippen molar-refractivity contribution in [2.24, 2.45) is 0 Å². The van der Waals surface area contributed by atoms with E-state index in [2.05, 4.69) is 6.58 Å². The van der Waals surface area contributed by atoms with Crippen molar-refractivity contribution in [2.75, 3.05) is 0 Å². The molecule has 1 N–H and O–H groups in total. The van der Waals surface area contributed by atoms with Crippen molar-refractivity contribution in [1.29, 1.82) is 0 Å². The van der Waals surface area contributed by atoms with Crippen LogP contribution >= 0.6 is 11.6 Å². The second-order valence-corrected chi connectivity index (χ2v) is 4.17. The molecule has 3 nitrogen and oxygen atoms in total. The van der Waals surface area contributed by atoms with E-state index in [0.717, 1.165) is 0 Å². The molecule has 0 bridgehead atoms. The van der Waals surface area contributed by atoms with Crippen LogP contribution in [0.25, 0.3) is 6.08 Å². The van der Waals surface area contributed by atoms with Gasteiger partial charge in [0.05, 0.1) is 5.02 Å². The lowest BCUT2D eigenvalue weighted by molar-refractivity contribution is 0.483. The van der Waals surface area contributed by atoms with Crippen LogP contribution in [0.15, 0.2) is 29.7 Å². The molecule has 0 unspecified atom stereocenters. The van der Waals surface area contributed by atoms with Gasteiger partial charge in [0.15, 0.2) is 0 Å². The minimum absolute atomic E-state index is 0.00639. The summed E-state index contributed by atoms with van der Waals surface area (Å²) in [5.41, 5.74) is 0.581. The highest BCUT2D eigenvalue weighted by Gasteiger charge is 2.13. The summed E-state index contributed by atoms with van der Waals surface area (Å²) in [6.07, 6.45) is 1.46. The molecule has 0 saturated carbocycles. The van der Waals surface area contributed by atoms with Crippen LogP contribution in [0.2, 0.25) is 5.02 Å². The smallest absolute Gasteiger partial charge is 0.282 e. The highest BCUT2D eigenvalue weighted by atomic mass is 35.5. The van der Waals surface area contributed by atoms with Gasteiger partial charge in [0, 0.05) is 0 Å². The van der Waals surface area contributed by atoms with E-state index >= 15 is 0 Å². The highest BCUT2D eigenvalue weighted by Crippen LogP contribution is 2.22. The molecular weight excluding hydrogens is 212 g/mol. The first-order valence-corrected chi connectivity index (χ1v) is 5.16. The van der Waals surface area contributed by atoms with Gasteiger partial charge < -0.3 is 0 Å². The van der Waals surface area contributed by atoms with Crippen molar-refractivity contribution in [1.82, 2.24) is 0 Å². The largest absolute Gasteiger partial charge is 0.296 e. The Balaban J connectivity index is 3.44. The van der Waals surface area contributed by atoms with E-state index in [1.54, 1.807) is 6.07 Å². The topological polar surface area (TPSA) is 54.4 Å². The Kier molecular flexibility index (Phi) is 2.75. The maximum absolute atomic E-state index is 10.8. The molecule has 0 aromatic heterocycles. The van der Waals surface area contributed by atoms with Crippen LogP contribution in [0.5, 0.6) is 0 Å². The third-order valence-electron chi connectivity index (χ3n) is 1.47. The van der Waals surface area contributed by atoms with E-state index in [1.165, 1.54) is 18.2 Å². The van der Waals surface area contributed by atoms with Gasteiger partial charge in [-0.05, 0) is 17.7 Å². The quantitative estimate of drug-likeness (QED) is 0.775. The van der Waals surface area contributed by atoms with Gasteiger partial charge in [-0.3, -0.25) is 4.55 Å². The van der Waals surface area contributed by atoms with Crippen molar-refractivity contribution in [2.45, 2.75) is 4.90 Å². The Bertz CT molecular complexity index is 437. The lowest BCUT2D eigenvalue weighted by atomic mass is 10.2. The van der Waals surface area contributed by atoms with Gasteiger partial charge in [-0.15, -0.1) is 0 Å². The van der Waals surface area contributed by atoms with E-state index in [1.807, 2.05) is 0 Å². The van der Waals surface area contributed by atoms with Crippen molar-refractivity contribution in [3.8, 4) is 0 Å². The lowest BCUT2D eigenvalue weighted by Gasteiger charge is -2.01. The SMILES string of the molecule is C=Cc1ccc(Cl)c(S(=O)(=O)O)c1. The molecule has 0 saturated heterocycles. The Morgan fingerprint density at radius 2 is 2.08 bits per heavy atom. The third-order valence-corrected chi connectivity index (χ3v) is 2.80. The summed E-state index contributed by atoms with van der Waals surface area (Å²) in [7, 11) is -4.25.